The topological polar surface area (TPSA) is 155 Å². The van der Waals surface area contributed by atoms with Crippen molar-refractivity contribution in [2.75, 3.05) is 37.9 Å². The first kappa shape index (κ1) is 39.4. The zero-order valence-electron chi connectivity index (χ0n) is 30.2. The molecule has 0 aliphatic carbocycles. The molecule has 284 valence electrons. The Morgan fingerprint density at radius 1 is 0.944 bits per heavy atom. The number of halogens is 3. The van der Waals surface area contributed by atoms with E-state index in [1.54, 1.807) is 28.5 Å². The fourth-order valence-electron chi connectivity index (χ4n) is 6.11. The van der Waals surface area contributed by atoms with E-state index in [0.29, 0.717) is 52.1 Å². The maximum atomic E-state index is 13.2. The summed E-state index contributed by atoms with van der Waals surface area (Å²) in [6, 6.07) is 12.2. The van der Waals surface area contributed by atoms with E-state index in [-0.39, 0.29) is 56.2 Å². The lowest BCUT2D eigenvalue weighted by Crippen LogP contribution is -2.35. The van der Waals surface area contributed by atoms with Crippen LogP contribution in [0, 0.1) is 26.7 Å². The van der Waals surface area contributed by atoms with Crippen LogP contribution < -0.4 is 21.0 Å². The molecule has 3 amide bonds. The first-order valence-corrected chi connectivity index (χ1v) is 19.4. The number of aryl methyl sites for hydroxylation is 2. The lowest BCUT2D eigenvalue weighted by Gasteiger charge is -2.14. The number of amides is 3. The largest absolute Gasteiger partial charge is 0.370 e. The van der Waals surface area contributed by atoms with Crippen molar-refractivity contribution >= 4 is 81.1 Å². The van der Waals surface area contributed by atoms with Crippen molar-refractivity contribution in [2.45, 2.75) is 53.0 Å². The number of hydrogen-bond donors (Lipinski definition) is 3. The van der Waals surface area contributed by atoms with Gasteiger partial charge in [0.15, 0.2) is 5.82 Å². The maximum absolute atomic E-state index is 13.2. The molecule has 2 aliphatic heterocycles. The second-order valence-corrected chi connectivity index (χ2v) is 15.5. The van der Waals surface area contributed by atoms with Crippen LogP contribution >= 0.6 is 46.1 Å². The highest BCUT2D eigenvalue weighted by Gasteiger charge is 2.32. The average molecular weight is 813 g/mol. The zero-order valence-corrected chi connectivity index (χ0v) is 33.3. The van der Waals surface area contributed by atoms with Crippen LogP contribution in [0.3, 0.4) is 0 Å². The van der Waals surface area contributed by atoms with Crippen LogP contribution in [0.4, 0.5) is 5.69 Å². The zero-order chi connectivity index (χ0) is 38.5. The van der Waals surface area contributed by atoms with E-state index in [1.165, 1.54) is 0 Å². The van der Waals surface area contributed by atoms with Gasteiger partial charge in [0.2, 0.25) is 17.7 Å². The number of carbonyl (C=O) groups excluding carboxylic acids is 3. The number of rotatable bonds is 13. The van der Waals surface area contributed by atoms with Crippen LogP contribution in [0.1, 0.15) is 65.4 Å². The van der Waals surface area contributed by atoms with Crippen molar-refractivity contribution in [3.63, 3.8) is 0 Å². The standard InChI is InChI=1S/C37H40Cl3N9O4S/c1-20-18-48(26-11-12-27(39)28(40)16-26)47-35(20)44-30(50)6-5-13-41-32(52)19-53-15-14-42-31(51)17-29-36-46-45-23(4)49(36)37-33(21(2)22(3)54-37)34(43-29)24-7-9-25(38)10-8-24/h7-12,16,20,29H,5-6,13-15,17-19H2,1-4H3,(H,41,52)(H,42,51)(H,44,47,50)/t20?,29-/m0/s1. The van der Waals surface area contributed by atoms with Crippen LogP contribution in [-0.2, 0) is 19.1 Å². The van der Waals surface area contributed by atoms with Crippen LogP contribution in [-0.4, -0.2) is 76.9 Å². The van der Waals surface area contributed by atoms with Crippen molar-refractivity contribution in [3.05, 3.63) is 90.7 Å². The number of aromatic nitrogens is 3. The highest BCUT2D eigenvalue weighted by molar-refractivity contribution is 7.15. The Morgan fingerprint density at radius 3 is 2.46 bits per heavy atom. The van der Waals surface area contributed by atoms with E-state index in [2.05, 4.69) is 45.1 Å². The first-order valence-electron chi connectivity index (χ1n) is 17.5. The number of hydrazone groups is 1. The van der Waals surface area contributed by atoms with Crippen molar-refractivity contribution < 1.29 is 19.1 Å². The third-order valence-electron chi connectivity index (χ3n) is 9.05. The molecule has 0 radical (unpaired) electrons. The Hall–Kier alpha value is -4.34. The molecule has 2 aromatic heterocycles. The van der Waals surface area contributed by atoms with Crippen LogP contribution in [0.25, 0.3) is 5.00 Å². The second-order valence-electron chi connectivity index (χ2n) is 13.1. The summed E-state index contributed by atoms with van der Waals surface area (Å²) in [6.45, 7) is 9.07. The predicted molar refractivity (Wildman–Crippen MR) is 213 cm³/mol. The van der Waals surface area contributed by atoms with Gasteiger partial charge in [-0.15, -0.1) is 21.5 Å². The highest BCUT2D eigenvalue weighted by Crippen LogP contribution is 2.39. The van der Waals surface area contributed by atoms with Gasteiger partial charge >= 0.3 is 0 Å². The van der Waals surface area contributed by atoms with E-state index in [0.717, 1.165) is 38.0 Å². The number of carbonyl (C=O) groups is 3. The third kappa shape index (κ3) is 9.12. The Balaban J connectivity index is 0.930. The number of ether oxygens (including phenoxy) is 1. The van der Waals surface area contributed by atoms with Gasteiger partial charge in [-0.3, -0.25) is 29.0 Å². The number of benzene rings is 2. The first-order chi connectivity index (χ1) is 25.9. The van der Waals surface area contributed by atoms with E-state index in [1.807, 2.05) is 48.7 Å². The number of amidine groups is 1. The Kier molecular flexibility index (Phi) is 12.7. The highest BCUT2D eigenvalue weighted by atomic mass is 35.5. The number of nitrogens with zero attached hydrogens (tertiary/aromatic N) is 6. The number of anilines is 1. The van der Waals surface area contributed by atoms with Gasteiger partial charge in [-0.05, 0) is 63.1 Å². The molecule has 0 bridgehead atoms. The minimum Gasteiger partial charge on any atom is -0.370 e. The van der Waals surface area contributed by atoms with Gasteiger partial charge in [-0.25, -0.2) is 0 Å². The molecular formula is C37H40Cl3N9O4S. The number of hydrogen-bond acceptors (Lipinski definition) is 10. The summed E-state index contributed by atoms with van der Waals surface area (Å²) in [5.41, 5.74) is 4.54. The molecule has 0 spiro atoms. The number of fused-ring (bicyclic) bond motifs is 3. The average Bonchev–Trinajstić information content (AvgIpc) is 3.76. The molecule has 0 saturated carbocycles. The van der Waals surface area contributed by atoms with Gasteiger partial charge < -0.3 is 20.7 Å². The molecule has 2 aromatic carbocycles. The molecule has 17 heteroatoms. The third-order valence-corrected chi connectivity index (χ3v) is 11.2. The Morgan fingerprint density at radius 2 is 1.70 bits per heavy atom. The molecule has 0 saturated heterocycles. The molecule has 2 atom stereocenters. The molecule has 0 fully saturated rings. The quantitative estimate of drug-likeness (QED) is 0.138. The van der Waals surface area contributed by atoms with Gasteiger partial charge in [0.05, 0.1) is 41.0 Å². The summed E-state index contributed by atoms with van der Waals surface area (Å²) in [7, 11) is 0. The van der Waals surface area contributed by atoms with E-state index >= 15 is 0 Å². The summed E-state index contributed by atoms with van der Waals surface area (Å²) >= 11 is 20.0. The molecule has 13 nitrogen and oxygen atoms in total. The van der Waals surface area contributed by atoms with E-state index < -0.39 is 6.04 Å². The maximum Gasteiger partial charge on any atom is 0.245 e. The second kappa shape index (κ2) is 17.4. The summed E-state index contributed by atoms with van der Waals surface area (Å²) in [4.78, 5) is 44.3. The van der Waals surface area contributed by atoms with Crippen LogP contribution in [0.15, 0.2) is 52.6 Å². The van der Waals surface area contributed by atoms with E-state index in [4.69, 9.17) is 44.5 Å². The lowest BCUT2D eigenvalue weighted by atomic mass is 9.99. The molecule has 3 N–H and O–H groups in total. The molecule has 2 aliphatic rings. The van der Waals surface area contributed by atoms with E-state index in [9.17, 15) is 14.4 Å². The Labute approximate surface area is 332 Å². The minimum absolute atomic E-state index is 0.0118. The fraction of sp³-hybridized carbons (Fsp3) is 0.378. The van der Waals surface area contributed by atoms with Gasteiger partial charge in [-0.2, -0.15) is 5.10 Å². The van der Waals surface area contributed by atoms with Gasteiger partial charge in [0, 0.05) is 46.5 Å². The molecule has 6 rings (SSSR count). The van der Waals surface area contributed by atoms with Crippen molar-refractivity contribution in [2.24, 2.45) is 16.0 Å². The predicted octanol–water partition coefficient (Wildman–Crippen LogP) is 6.11. The monoisotopic (exact) mass is 811 g/mol. The number of nitrogens with one attached hydrogen (secondary N) is 3. The minimum atomic E-state index is -0.594. The fourth-order valence-corrected chi connectivity index (χ4v) is 7.75. The SMILES string of the molecule is Cc1sc2c(c1C)C(c1ccc(Cl)cc1)=N[C@@H](CC(=O)NCCOCC(=O)NCCCC(=O)NC1=NN(c3ccc(Cl)c(Cl)c3)CC1C)c1nnc(C)n1-2. The van der Waals surface area contributed by atoms with Crippen molar-refractivity contribution in [1.82, 2.24) is 30.7 Å². The molecule has 1 unspecified atom stereocenters. The summed E-state index contributed by atoms with van der Waals surface area (Å²) in [5, 5.41) is 26.1. The molecular weight excluding hydrogens is 773 g/mol. The lowest BCUT2D eigenvalue weighted by molar-refractivity contribution is -0.126. The molecule has 4 heterocycles. The van der Waals surface area contributed by atoms with Crippen molar-refractivity contribution in [1.29, 1.82) is 0 Å². The summed E-state index contributed by atoms with van der Waals surface area (Å²) in [5.74, 6) is 1.14. The van der Waals surface area contributed by atoms with Crippen LogP contribution in [0.2, 0.25) is 15.1 Å². The normalized spacial score (nSPS) is 16.2. The van der Waals surface area contributed by atoms with Crippen molar-refractivity contribution in [3.8, 4) is 5.00 Å². The van der Waals surface area contributed by atoms with Gasteiger partial charge in [0.1, 0.15) is 29.3 Å². The Bertz CT molecular complexity index is 2120. The summed E-state index contributed by atoms with van der Waals surface area (Å²) < 4.78 is 7.49. The molecule has 54 heavy (non-hydrogen) atoms. The molecule has 4 aromatic rings. The smallest absolute Gasteiger partial charge is 0.245 e. The van der Waals surface area contributed by atoms with Crippen LogP contribution in [0.5, 0.6) is 0 Å². The summed E-state index contributed by atoms with van der Waals surface area (Å²) in [6.07, 6.45) is 0.689. The number of aliphatic imine (C=N–C) groups is 1. The van der Waals surface area contributed by atoms with Gasteiger partial charge in [-0.1, -0.05) is 53.9 Å². The van der Waals surface area contributed by atoms with Gasteiger partial charge in [0.25, 0.3) is 0 Å². The number of thiophene rings is 1.